The topological polar surface area (TPSA) is 18.5 Å². The summed E-state index contributed by atoms with van der Waals surface area (Å²) in [4.78, 5) is 5.43. The lowest BCUT2D eigenvalue weighted by Gasteiger charge is -2.44. The smallest absolute Gasteiger partial charge is 0.0223 e. The van der Waals surface area contributed by atoms with Crippen molar-refractivity contribution in [3.05, 3.63) is 0 Å². The summed E-state index contributed by atoms with van der Waals surface area (Å²) < 4.78 is 0. The molecular weight excluding hydrogens is 210 g/mol. The van der Waals surface area contributed by atoms with E-state index < -0.39 is 0 Å². The Labute approximate surface area is 107 Å². The van der Waals surface area contributed by atoms with Gasteiger partial charge in [-0.1, -0.05) is 19.8 Å². The lowest BCUT2D eigenvalue weighted by atomic mass is 9.98. The molecule has 0 spiro atoms. The molecule has 2 fully saturated rings. The minimum absolute atomic E-state index is 0.829. The fraction of sp³-hybridized carbons (Fsp3) is 1.00. The van der Waals surface area contributed by atoms with Crippen molar-refractivity contribution in [1.82, 2.24) is 15.1 Å². The van der Waals surface area contributed by atoms with Crippen LogP contribution in [-0.4, -0.2) is 62.2 Å². The fourth-order valence-electron chi connectivity index (χ4n) is 3.38. The van der Waals surface area contributed by atoms with Gasteiger partial charge in [0.15, 0.2) is 0 Å². The fourth-order valence-corrected chi connectivity index (χ4v) is 3.38. The van der Waals surface area contributed by atoms with E-state index in [0.717, 1.165) is 12.0 Å². The van der Waals surface area contributed by atoms with E-state index in [1.165, 1.54) is 65.0 Å². The molecule has 2 unspecified atom stereocenters. The molecule has 0 aliphatic carbocycles. The van der Waals surface area contributed by atoms with Gasteiger partial charge in [-0.2, -0.15) is 0 Å². The van der Waals surface area contributed by atoms with Gasteiger partial charge in [0.25, 0.3) is 0 Å². The highest BCUT2D eigenvalue weighted by molar-refractivity contribution is 4.85. The second-order valence-electron chi connectivity index (χ2n) is 5.78. The number of nitrogens with one attached hydrogen (secondary N) is 1. The molecule has 2 saturated heterocycles. The number of nitrogens with zero attached hydrogens (tertiary/aromatic N) is 2. The summed E-state index contributed by atoms with van der Waals surface area (Å²) in [6, 6.07) is 0.865. The lowest BCUT2D eigenvalue weighted by molar-refractivity contribution is 0.0415. The molecule has 0 aromatic rings. The third-order valence-corrected chi connectivity index (χ3v) is 4.51. The van der Waals surface area contributed by atoms with Crippen molar-refractivity contribution < 1.29 is 0 Å². The largest absolute Gasteiger partial charge is 0.319 e. The Hall–Kier alpha value is -0.120. The van der Waals surface area contributed by atoms with E-state index in [2.05, 4.69) is 29.1 Å². The maximum atomic E-state index is 3.33. The Morgan fingerprint density at radius 2 is 2.12 bits per heavy atom. The van der Waals surface area contributed by atoms with Crippen LogP contribution >= 0.6 is 0 Å². The molecular formula is C14H29N3. The van der Waals surface area contributed by atoms with Crippen LogP contribution in [0, 0.1) is 5.92 Å². The molecule has 0 saturated carbocycles. The number of piperidine rings is 1. The van der Waals surface area contributed by atoms with Crippen LogP contribution in [0.3, 0.4) is 0 Å². The zero-order valence-corrected chi connectivity index (χ0v) is 11.6. The summed E-state index contributed by atoms with van der Waals surface area (Å²) in [6.07, 6.45) is 5.60. The first-order valence-electron chi connectivity index (χ1n) is 7.44. The summed E-state index contributed by atoms with van der Waals surface area (Å²) in [5.74, 6) is 0.829. The van der Waals surface area contributed by atoms with Crippen LogP contribution in [0.25, 0.3) is 0 Å². The summed E-state index contributed by atoms with van der Waals surface area (Å²) >= 11 is 0. The monoisotopic (exact) mass is 239 g/mol. The maximum Gasteiger partial charge on any atom is 0.0223 e. The number of piperazine rings is 1. The second kappa shape index (κ2) is 6.72. The van der Waals surface area contributed by atoms with Crippen LogP contribution in [0.5, 0.6) is 0 Å². The van der Waals surface area contributed by atoms with E-state index in [1.807, 2.05) is 0 Å². The molecule has 100 valence electrons. The normalized spacial score (nSPS) is 28.9. The highest BCUT2D eigenvalue weighted by atomic mass is 15.3. The van der Waals surface area contributed by atoms with Crippen LogP contribution in [0.4, 0.5) is 0 Å². The first-order chi connectivity index (χ1) is 8.33. The van der Waals surface area contributed by atoms with Gasteiger partial charge in [0.2, 0.25) is 0 Å². The molecule has 2 atom stereocenters. The van der Waals surface area contributed by atoms with Crippen molar-refractivity contribution in [2.45, 2.75) is 38.6 Å². The molecule has 2 rings (SSSR count). The molecule has 0 radical (unpaired) electrons. The van der Waals surface area contributed by atoms with E-state index in [4.69, 9.17) is 0 Å². The summed E-state index contributed by atoms with van der Waals surface area (Å²) in [6.45, 7) is 10.0. The molecule has 1 N–H and O–H groups in total. The van der Waals surface area contributed by atoms with E-state index in [0.29, 0.717) is 0 Å². The predicted octanol–water partition coefficient (Wildman–Crippen LogP) is 1.40. The second-order valence-corrected chi connectivity index (χ2v) is 5.78. The van der Waals surface area contributed by atoms with Gasteiger partial charge in [-0.05, 0) is 38.9 Å². The first-order valence-corrected chi connectivity index (χ1v) is 7.44. The lowest BCUT2D eigenvalue weighted by Crippen LogP contribution is -2.55. The van der Waals surface area contributed by atoms with Gasteiger partial charge in [0.05, 0.1) is 0 Å². The molecule has 17 heavy (non-hydrogen) atoms. The highest BCUT2D eigenvalue weighted by Crippen LogP contribution is 2.21. The van der Waals surface area contributed by atoms with Crippen molar-refractivity contribution >= 4 is 0 Å². The Kier molecular flexibility index (Phi) is 5.26. The van der Waals surface area contributed by atoms with E-state index in [9.17, 15) is 0 Å². The maximum absolute atomic E-state index is 3.33. The standard InChI is InChI=1S/C14H29N3/c1-3-13(10-15-2)11-16-8-9-17-7-5-4-6-14(17)12-16/h13-15H,3-12H2,1-2H3. The van der Waals surface area contributed by atoms with E-state index >= 15 is 0 Å². The first kappa shape index (κ1) is 13.3. The van der Waals surface area contributed by atoms with E-state index in [1.54, 1.807) is 0 Å². The molecule has 0 aromatic heterocycles. The molecule has 2 heterocycles. The molecule has 3 heteroatoms. The van der Waals surface area contributed by atoms with Crippen LogP contribution in [0.2, 0.25) is 0 Å². The van der Waals surface area contributed by atoms with Gasteiger partial charge in [0, 0.05) is 32.2 Å². The molecule has 0 bridgehead atoms. The summed E-state index contributed by atoms with van der Waals surface area (Å²) in [5.41, 5.74) is 0. The van der Waals surface area contributed by atoms with Gasteiger partial charge in [0.1, 0.15) is 0 Å². The predicted molar refractivity (Wildman–Crippen MR) is 73.4 cm³/mol. The van der Waals surface area contributed by atoms with Crippen LogP contribution in [0.1, 0.15) is 32.6 Å². The van der Waals surface area contributed by atoms with Gasteiger partial charge < -0.3 is 10.2 Å². The Bertz CT molecular complexity index is 218. The molecule has 0 amide bonds. The summed E-state index contributed by atoms with van der Waals surface area (Å²) in [5, 5.41) is 3.33. The van der Waals surface area contributed by atoms with Crippen molar-refractivity contribution in [1.29, 1.82) is 0 Å². The number of hydrogen-bond acceptors (Lipinski definition) is 3. The zero-order chi connectivity index (χ0) is 12.1. The van der Waals surface area contributed by atoms with Crippen LogP contribution in [0.15, 0.2) is 0 Å². The Balaban J connectivity index is 1.78. The highest BCUT2D eigenvalue weighted by Gasteiger charge is 2.29. The number of hydrogen-bond donors (Lipinski definition) is 1. The van der Waals surface area contributed by atoms with Gasteiger partial charge in [-0.3, -0.25) is 4.90 Å². The van der Waals surface area contributed by atoms with E-state index in [-0.39, 0.29) is 0 Å². The molecule has 0 aromatic carbocycles. The Morgan fingerprint density at radius 1 is 1.24 bits per heavy atom. The van der Waals surface area contributed by atoms with Crippen molar-refractivity contribution in [3.63, 3.8) is 0 Å². The molecule has 3 nitrogen and oxygen atoms in total. The quantitative estimate of drug-likeness (QED) is 0.782. The van der Waals surface area contributed by atoms with Gasteiger partial charge >= 0.3 is 0 Å². The minimum Gasteiger partial charge on any atom is -0.319 e. The third kappa shape index (κ3) is 3.67. The number of rotatable bonds is 5. The van der Waals surface area contributed by atoms with Crippen molar-refractivity contribution in [2.75, 3.05) is 46.3 Å². The Morgan fingerprint density at radius 3 is 2.88 bits per heavy atom. The minimum atomic E-state index is 0.829. The third-order valence-electron chi connectivity index (χ3n) is 4.51. The average Bonchev–Trinajstić information content (AvgIpc) is 2.38. The van der Waals surface area contributed by atoms with Crippen molar-refractivity contribution in [3.8, 4) is 0 Å². The number of fused-ring (bicyclic) bond motifs is 1. The van der Waals surface area contributed by atoms with Gasteiger partial charge in [-0.15, -0.1) is 0 Å². The molecule has 2 aliphatic heterocycles. The molecule has 2 aliphatic rings. The SMILES string of the molecule is CCC(CNC)CN1CCN2CCCCC2C1. The zero-order valence-electron chi connectivity index (χ0n) is 11.6. The van der Waals surface area contributed by atoms with Gasteiger partial charge in [-0.25, -0.2) is 0 Å². The van der Waals surface area contributed by atoms with Crippen LogP contribution in [-0.2, 0) is 0 Å². The van der Waals surface area contributed by atoms with Crippen molar-refractivity contribution in [2.24, 2.45) is 5.92 Å². The van der Waals surface area contributed by atoms with Crippen LogP contribution < -0.4 is 5.32 Å². The average molecular weight is 239 g/mol. The summed E-state index contributed by atoms with van der Waals surface area (Å²) in [7, 11) is 2.07.